The number of aliphatic hydroxyl groups is 1. The molecule has 1 amide bonds. The van der Waals surface area contributed by atoms with Crippen LogP contribution in [0.1, 0.15) is 18.0 Å². The Morgan fingerprint density at radius 3 is 2.94 bits per heavy atom. The Morgan fingerprint density at radius 2 is 2.19 bits per heavy atom. The number of rotatable bonds is 8. The Bertz CT molecular complexity index is 1110. The van der Waals surface area contributed by atoms with Crippen molar-refractivity contribution in [2.75, 3.05) is 33.3 Å². The van der Waals surface area contributed by atoms with E-state index in [-0.39, 0.29) is 18.2 Å². The van der Waals surface area contributed by atoms with Gasteiger partial charge in [-0.1, -0.05) is 12.1 Å². The van der Waals surface area contributed by atoms with E-state index in [0.29, 0.717) is 43.0 Å². The summed E-state index contributed by atoms with van der Waals surface area (Å²) in [4.78, 5) is 27.4. The summed E-state index contributed by atoms with van der Waals surface area (Å²) in [5, 5.41) is 22.1. The van der Waals surface area contributed by atoms with Gasteiger partial charge < -0.3 is 19.2 Å². The van der Waals surface area contributed by atoms with Gasteiger partial charge in [-0.25, -0.2) is 0 Å². The number of nitrogens with zero attached hydrogens (tertiary/aromatic N) is 3. The molecule has 1 N–H and O–H groups in total. The average molecular weight is 439 g/mol. The van der Waals surface area contributed by atoms with Crippen LogP contribution in [-0.2, 0) is 4.79 Å². The van der Waals surface area contributed by atoms with Gasteiger partial charge in [-0.15, -0.1) is 0 Å². The number of non-ortho nitro benzene ring substituents is 1. The van der Waals surface area contributed by atoms with Crippen LogP contribution in [0.2, 0.25) is 0 Å². The highest BCUT2D eigenvalue weighted by Crippen LogP contribution is 2.27. The number of amides is 1. The fourth-order valence-electron chi connectivity index (χ4n) is 3.97. The van der Waals surface area contributed by atoms with Crippen LogP contribution in [0.4, 0.5) is 5.69 Å². The van der Waals surface area contributed by atoms with Crippen molar-refractivity contribution in [3.63, 3.8) is 0 Å². The Morgan fingerprint density at radius 1 is 1.34 bits per heavy atom. The summed E-state index contributed by atoms with van der Waals surface area (Å²) in [5.74, 6) is 0.254. The van der Waals surface area contributed by atoms with Crippen LogP contribution in [0, 0.1) is 10.1 Å². The van der Waals surface area contributed by atoms with Crippen molar-refractivity contribution in [1.29, 1.82) is 0 Å². The van der Waals surface area contributed by atoms with E-state index in [2.05, 4.69) is 4.90 Å². The van der Waals surface area contributed by atoms with Gasteiger partial charge in [0.15, 0.2) is 6.61 Å². The van der Waals surface area contributed by atoms with Gasteiger partial charge in [0, 0.05) is 50.3 Å². The number of carbonyl (C=O) groups excluding carboxylic acids is 1. The summed E-state index contributed by atoms with van der Waals surface area (Å²) in [6.45, 7) is 1.48. The topological polar surface area (TPSA) is 109 Å². The summed E-state index contributed by atoms with van der Waals surface area (Å²) in [7, 11) is 1.66. The SMILES string of the molecule is CN(C(=O)COc1ccc2ccoc2c1)C(CN1CC[C@H](O)C1)c1cccc([N+](=O)[O-])c1. The van der Waals surface area contributed by atoms with Crippen LogP contribution in [0.15, 0.2) is 59.2 Å². The van der Waals surface area contributed by atoms with Crippen molar-refractivity contribution in [3.8, 4) is 5.75 Å². The number of benzene rings is 2. The van der Waals surface area contributed by atoms with Crippen LogP contribution in [0.5, 0.6) is 5.75 Å². The number of ether oxygens (including phenoxy) is 1. The van der Waals surface area contributed by atoms with E-state index in [1.165, 1.54) is 12.1 Å². The van der Waals surface area contributed by atoms with Gasteiger partial charge in [-0.2, -0.15) is 0 Å². The second-order valence-corrected chi connectivity index (χ2v) is 7.98. The molecule has 168 valence electrons. The van der Waals surface area contributed by atoms with Crippen LogP contribution < -0.4 is 4.74 Å². The Hall–Kier alpha value is -3.43. The molecule has 1 unspecified atom stereocenters. The maximum absolute atomic E-state index is 13.0. The number of aliphatic hydroxyl groups excluding tert-OH is 1. The molecular formula is C23H25N3O6. The van der Waals surface area contributed by atoms with E-state index in [0.717, 1.165) is 5.39 Å². The zero-order valence-electron chi connectivity index (χ0n) is 17.7. The number of likely N-dealkylation sites (N-methyl/N-ethyl adjacent to an activating group) is 1. The second kappa shape index (κ2) is 9.37. The molecular weight excluding hydrogens is 414 g/mol. The second-order valence-electron chi connectivity index (χ2n) is 7.98. The van der Waals surface area contributed by atoms with Gasteiger partial charge in [0.05, 0.1) is 23.3 Å². The van der Waals surface area contributed by atoms with E-state index in [4.69, 9.17) is 9.15 Å². The summed E-state index contributed by atoms with van der Waals surface area (Å²) in [6, 6.07) is 13.1. The molecule has 1 aromatic heterocycles. The highest BCUT2D eigenvalue weighted by molar-refractivity contribution is 5.80. The lowest BCUT2D eigenvalue weighted by atomic mass is 10.0. The molecule has 1 aliphatic heterocycles. The fraction of sp³-hybridized carbons (Fsp3) is 0.348. The molecule has 1 aliphatic rings. The normalized spacial score (nSPS) is 17.4. The maximum Gasteiger partial charge on any atom is 0.269 e. The average Bonchev–Trinajstić information content (AvgIpc) is 3.43. The van der Waals surface area contributed by atoms with Crippen LogP contribution in [-0.4, -0.2) is 65.1 Å². The first-order valence-corrected chi connectivity index (χ1v) is 10.4. The summed E-state index contributed by atoms with van der Waals surface area (Å²) in [6.07, 6.45) is 1.85. The molecule has 0 aliphatic carbocycles. The lowest BCUT2D eigenvalue weighted by Gasteiger charge is -2.32. The fourth-order valence-corrected chi connectivity index (χ4v) is 3.97. The van der Waals surface area contributed by atoms with Crippen molar-refractivity contribution >= 4 is 22.6 Å². The molecule has 1 fully saturated rings. The van der Waals surface area contributed by atoms with Crippen molar-refractivity contribution < 1.29 is 24.0 Å². The molecule has 0 saturated carbocycles. The zero-order chi connectivity index (χ0) is 22.7. The van der Waals surface area contributed by atoms with Crippen LogP contribution in [0.3, 0.4) is 0 Å². The first kappa shape index (κ1) is 21.8. The third kappa shape index (κ3) is 4.90. The Balaban J connectivity index is 1.50. The number of nitro groups is 1. The first-order chi connectivity index (χ1) is 15.4. The maximum atomic E-state index is 13.0. The number of fused-ring (bicyclic) bond motifs is 1. The van der Waals surface area contributed by atoms with Gasteiger partial charge in [0.25, 0.3) is 11.6 Å². The highest BCUT2D eigenvalue weighted by Gasteiger charge is 2.29. The molecule has 9 nitrogen and oxygen atoms in total. The predicted molar refractivity (Wildman–Crippen MR) is 117 cm³/mol. The van der Waals surface area contributed by atoms with Gasteiger partial charge in [-0.3, -0.25) is 19.8 Å². The van der Waals surface area contributed by atoms with Crippen molar-refractivity contribution in [3.05, 3.63) is 70.5 Å². The summed E-state index contributed by atoms with van der Waals surface area (Å²) >= 11 is 0. The molecule has 2 aromatic carbocycles. The van der Waals surface area contributed by atoms with E-state index in [9.17, 15) is 20.0 Å². The molecule has 9 heteroatoms. The van der Waals surface area contributed by atoms with Gasteiger partial charge in [0.2, 0.25) is 0 Å². The molecule has 1 saturated heterocycles. The van der Waals surface area contributed by atoms with E-state index < -0.39 is 17.1 Å². The Labute approximate surface area is 184 Å². The zero-order valence-corrected chi connectivity index (χ0v) is 17.7. The number of nitro benzene ring substituents is 1. The molecule has 2 atom stereocenters. The van der Waals surface area contributed by atoms with Crippen LogP contribution >= 0.6 is 0 Å². The lowest BCUT2D eigenvalue weighted by molar-refractivity contribution is -0.385. The van der Waals surface area contributed by atoms with E-state index in [1.807, 2.05) is 12.1 Å². The minimum Gasteiger partial charge on any atom is -0.484 e. The first-order valence-electron chi connectivity index (χ1n) is 10.4. The van der Waals surface area contributed by atoms with Crippen molar-refractivity contribution in [2.45, 2.75) is 18.6 Å². The number of hydrogen-bond donors (Lipinski definition) is 1. The van der Waals surface area contributed by atoms with Crippen molar-refractivity contribution in [1.82, 2.24) is 9.80 Å². The standard InChI is InChI=1S/C23H25N3O6/c1-24(23(28)15-32-20-6-5-16-8-10-31-22(16)12-20)21(14-25-9-7-19(27)13-25)17-3-2-4-18(11-17)26(29)30/h2-6,8,10-12,19,21,27H,7,9,13-15H2,1H3/t19-,21?/m0/s1. The van der Waals surface area contributed by atoms with E-state index in [1.54, 1.807) is 42.5 Å². The number of β-amino-alcohol motifs (C(OH)–C–C–N with tert-alkyl or cyclic N) is 1. The predicted octanol–water partition coefficient (Wildman–Crippen LogP) is 2.99. The molecule has 0 radical (unpaired) electrons. The third-order valence-corrected chi connectivity index (χ3v) is 5.80. The lowest BCUT2D eigenvalue weighted by Crippen LogP contribution is -2.41. The van der Waals surface area contributed by atoms with Gasteiger partial charge >= 0.3 is 0 Å². The molecule has 4 rings (SSSR count). The molecule has 0 spiro atoms. The Kier molecular flexibility index (Phi) is 6.38. The van der Waals surface area contributed by atoms with Crippen molar-refractivity contribution in [2.24, 2.45) is 0 Å². The number of likely N-dealkylation sites (tertiary alicyclic amines) is 1. The van der Waals surface area contributed by atoms with Gasteiger partial charge in [-0.05, 0) is 30.2 Å². The third-order valence-electron chi connectivity index (χ3n) is 5.80. The molecule has 2 heterocycles. The molecule has 32 heavy (non-hydrogen) atoms. The van der Waals surface area contributed by atoms with Crippen LogP contribution in [0.25, 0.3) is 11.0 Å². The monoisotopic (exact) mass is 439 g/mol. The van der Waals surface area contributed by atoms with E-state index >= 15 is 0 Å². The largest absolute Gasteiger partial charge is 0.484 e. The quantitative estimate of drug-likeness (QED) is 0.424. The minimum atomic E-state index is -0.449. The molecule has 0 bridgehead atoms. The number of hydrogen-bond acceptors (Lipinski definition) is 7. The number of furan rings is 1. The number of carbonyl (C=O) groups is 1. The molecule has 3 aromatic rings. The highest BCUT2D eigenvalue weighted by atomic mass is 16.6. The summed E-state index contributed by atoms with van der Waals surface area (Å²) < 4.78 is 11.1. The smallest absolute Gasteiger partial charge is 0.269 e. The minimum absolute atomic E-state index is 0.0298. The van der Waals surface area contributed by atoms with Gasteiger partial charge in [0.1, 0.15) is 11.3 Å². The summed E-state index contributed by atoms with van der Waals surface area (Å²) in [5.41, 5.74) is 1.30.